The smallest absolute Gasteiger partial charge is 0.328 e. The summed E-state index contributed by atoms with van der Waals surface area (Å²) in [7, 11) is 0. The number of carboxylic acids is 1. The Hall–Kier alpha value is -1.61. The predicted molar refractivity (Wildman–Crippen MR) is 62.2 cm³/mol. The average Bonchev–Trinajstić information content (AvgIpc) is 2.28. The van der Waals surface area contributed by atoms with Gasteiger partial charge in [0.2, 0.25) is 0 Å². The van der Waals surface area contributed by atoms with Crippen molar-refractivity contribution in [3.8, 4) is 0 Å². The molecule has 1 heterocycles. The Kier molecular flexibility index (Phi) is 3.37. The summed E-state index contributed by atoms with van der Waals surface area (Å²) < 4.78 is 0. The minimum Gasteiger partial charge on any atom is -0.478 e. The first-order chi connectivity index (χ1) is 7.75. The summed E-state index contributed by atoms with van der Waals surface area (Å²) in [6, 6.07) is 8.43. The second-order valence-corrected chi connectivity index (χ2v) is 3.99. The molecule has 0 fully saturated rings. The van der Waals surface area contributed by atoms with Gasteiger partial charge in [-0.1, -0.05) is 30.3 Å². The topological polar surface area (TPSA) is 40.5 Å². The van der Waals surface area contributed by atoms with E-state index in [1.165, 1.54) is 17.2 Å². The fourth-order valence-electron chi connectivity index (χ4n) is 2.01. The summed E-state index contributed by atoms with van der Waals surface area (Å²) in [5.41, 5.74) is 2.78. The highest BCUT2D eigenvalue weighted by Gasteiger charge is 2.13. The van der Waals surface area contributed by atoms with Crippen LogP contribution in [0.4, 0.5) is 0 Å². The number of fused-ring (bicyclic) bond motifs is 1. The maximum Gasteiger partial charge on any atom is 0.328 e. The van der Waals surface area contributed by atoms with E-state index >= 15 is 0 Å². The number of hydrogen-bond acceptors (Lipinski definition) is 2. The number of rotatable bonds is 3. The van der Waals surface area contributed by atoms with Gasteiger partial charge in [0.1, 0.15) is 0 Å². The van der Waals surface area contributed by atoms with E-state index in [4.69, 9.17) is 5.11 Å². The van der Waals surface area contributed by atoms with E-state index in [1.54, 1.807) is 6.08 Å². The Morgan fingerprint density at radius 1 is 1.38 bits per heavy atom. The summed E-state index contributed by atoms with van der Waals surface area (Å²) in [5, 5.41) is 8.50. The third kappa shape index (κ3) is 2.70. The van der Waals surface area contributed by atoms with E-state index in [0.29, 0.717) is 6.54 Å². The van der Waals surface area contributed by atoms with Gasteiger partial charge in [-0.25, -0.2) is 4.79 Å². The maximum absolute atomic E-state index is 10.3. The lowest BCUT2D eigenvalue weighted by atomic mass is 10.00. The van der Waals surface area contributed by atoms with Crippen LogP contribution in [0.1, 0.15) is 11.1 Å². The fraction of sp³-hybridized carbons (Fsp3) is 0.308. The van der Waals surface area contributed by atoms with E-state index in [2.05, 4.69) is 29.2 Å². The van der Waals surface area contributed by atoms with E-state index in [9.17, 15) is 4.79 Å². The van der Waals surface area contributed by atoms with Crippen molar-refractivity contribution in [3.05, 3.63) is 47.5 Å². The Morgan fingerprint density at radius 3 is 2.88 bits per heavy atom. The van der Waals surface area contributed by atoms with Crippen LogP contribution in [0.15, 0.2) is 36.4 Å². The van der Waals surface area contributed by atoms with Gasteiger partial charge >= 0.3 is 5.97 Å². The van der Waals surface area contributed by atoms with Crippen LogP contribution in [0.25, 0.3) is 0 Å². The molecule has 2 rings (SSSR count). The highest BCUT2D eigenvalue weighted by Crippen LogP contribution is 2.17. The summed E-state index contributed by atoms with van der Waals surface area (Å²) in [5.74, 6) is -0.877. The summed E-state index contributed by atoms with van der Waals surface area (Å²) in [6.07, 6.45) is 3.97. The first kappa shape index (κ1) is 10.9. The molecule has 84 valence electrons. The zero-order valence-electron chi connectivity index (χ0n) is 9.10. The molecule has 0 spiro atoms. The van der Waals surface area contributed by atoms with Crippen molar-refractivity contribution in [2.75, 3.05) is 13.1 Å². The monoisotopic (exact) mass is 217 g/mol. The van der Waals surface area contributed by atoms with E-state index in [1.807, 2.05) is 0 Å². The first-order valence-corrected chi connectivity index (χ1v) is 5.44. The fourth-order valence-corrected chi connectivity index (χ4v) is 2.01. The normalized spacial score (nSPS) is 16.2. The largest absolute Gasteiger partial charge is 0.478 e. The van der Waals surface area contributed by atoms with Crippen molar-refractivity contribution < 1.29 is 9.90 Å². The van der Waals surface area contributed by atoms with Crippen LogP contribution in [0, 0.1) is 0 Å². The Balaban J connectivity index is 1.95. The van der Waals surface area contributed by atoms with Gasteiger partial charge in [0, 0.05) is 25.7 Å². The van der Waals surface area contributed by atoms with Gasteiger partial charge in [-0.15, -0.1) is 0 Å². The van der Waals surface area contributed by atoms with Crippen LogP contribution in [-0.2, 0) is 17.8 Å². The van der Waals surface area contributed by atoms with Crippen molar-refractivity contribution in [2.24, 2.45) is 0 Å². The van der Waals surface area contributed by atoms with Crippen LogP contribution in [-0.4, -0.2) is 29.1 Å². The molecule has 3 heteroatoms. The molecule has 0 bridgehead atoms. The number of hydrogen-bond donors (Lipinski definition) is 1. The van der Waals surface area contributed by atoms with E-state index in [-0.39, 0.29) is 0 Å². The molecular formula is C13H15NO2. The number of carboxylic acid groups (broad SMARTS) is 1. The minimum atomic E-state index is -0.877. The molecule has 16 heavy (non-hydrogen) atoms. The molecule has 0 aromatic heterocycles. The van der Waals surface area contributed by atoms with Crippen LogP contribution in [0.5, 0.6) is 0 Å². The molecule has 0 aliphatic carbocycles. The van der Waals surface area contributed by atoms with Gasteiger partial charge in [-0.05, 0) is 17.5 Å². The summed E-state index contributed by atoms with van der Waals surface area (Å²) >= 11 is 0. The Bertz CT molecular complexity index is 412. The lowest BCUT2D eigenvalue weighted by Crippen LogP contribution is -2.30. The molecule has 1 aliphatic rings. The summed E-state index contributed by atoms with van der Waals surface area (Å²) in [4.78, 5) is 12.6. The molecule has 1 aliphatic heterocycles. The van der Waals surface area contributed by atoms with Crippen LogP contribution < -0.4 is 0 Å². The van der Waals surface area contributed by atoms with Crippen LogP contribution in [0.2, 0.25) is 0 Å². The molecule has 0 radical (unpaired) electrons. The van der Waals surface area contributed by atoms with Gasteiger partial charge in [-0.2, -0.15) is 0 Å². The third-order valence-corrected chi connectivity index (χ3v) is 2.83. The predicted octanol–water partition coefficient (Wildman–Crippen LogP) is 1.69. The highest BCUT2D eigenvalue weighted by atomic mass is 16.4. The molecule has 0 atom stereocenters. The average molecular weight is 217 g/mol. The van der Waals surface area contributed by atoms with Crippen molar-refractivity contribution >= 4 is 5.97 Å². The number of carbonyl (C=O) groups is 1. The third-order valence-electron chi connectivity index (χ3n) is 2.83. The van der Waals surface area contributed by atoms with E-state index < -0.39 is 5.97 Å². The van der Waals surface area contributed by atoms with Gasteiger partial charge in [0.05, 0.1) is 0 Å². The van der Waals surface area contributed by atoms with Gasteiger partial charge in [-0.3, -0.25) is 4.90 Å². The number of aliphatic carboxylic acids is 1. The minimum absolute atomic E-state index is 0.709. The van der Waals surface area contributed by atoms with Gasteiger partial charge in [0.25, 0.3) is 0 Å². The second kappa shape index (κ2) is 4.94. The molecule has 1 N–H and O–H groups in total. The van der Waals surface area contributed by atoms with Crippen LogP contribution >= 0.6 is 0 Å². The van der Waals surface area contributed by atoms with Gasteiger partial charge in [0.15, 0.2) is 0 Å². The molecule has 0 unspecified atom stereocenters. The Morgan fingerprint density at radius 2 is 2.12 bits per heavy atom. The molecule has 1 aromatic rings. The van der Waals surface area contributed by atoms with Crippen molar-refractivity contribution in [1.29, 1.82) is 0 Å². The van der Waals surface area contributed by atoms with E-state index in [0.717, 1.165) is 19.5 Å². The molecule has 3 nitrogen and oxygen atoms in total. The quantitative estimate of drug-likeness (QED) is 0.783. The number of nitrogens with zero attached hydrogens (tertiary/aromatic N) is 1. The molecule has 0 amide bonds. The molecule has 0 saturated heterocycles. The highest BCUT2D eigenvalue weighted by molar-refractivity contribution is 5.79. The summed E-state index contributed by atoms with van der Waals surface area (Å²) in [6.45, 7) is 2.63. The lowest BCUT2D eigenvalue weighted by Gasteiger charge is -2.27. The Labute approximate surface area is 95.0 Å². The zero-order chi connectivity index (χ0) is 11.4. The first-order valence-electron chi connectivity index (χ1n) is 5.44. The van der Waals surface area contributed by atoms with Gasteiger partial charge < -0.3 is 5.11 Å². The SMILES string of the molecule is O=C(O)C=CCN1CCc2ccccc2C1. The van der Waals surface area contributed by atoms with Crippen molar-refractivity contribution in [1.82, 2.24) is 4.90 Å². The zero-order valence-corrected chi connectivity index (χ0v) is 9.10. The lowest BCUT2D eigenvalue weighted by molar-refractivity contribution is -0.131. The van der Waals surface area contributed by atoms with Crippen molar-refractivity contribution in [3.63, 3.8) is 0 Å². The maximum atomic E-state index is 10.3. The molecule has 1 aromatic carbocycles. The molecular weight excluding hydrogens is 202 g/mol. The van der Waals surface area contributed by atoms with Crippen molar-refractivity contribution in [2.45, 2.75) is 13.0 Å². The van der Waals surface area contributed by atoms with Crippen LogP contribution in [0.3, 0.4) is 0 Å². The number of benzene rings is 1. The molecule has 0 saturated carbocycles. The standard InChI is InChI=1S/C13H15NO2/c15-13(16)6-3-8-14-9-7-11-4-1-2-5-12(11)10-14/h1-6H,7-10H2,(H,15,16). The second-order valence-electron chi connectivity index (χ2n) is 3.99.